The molecule has 2 nitrogen and oxygen atoms in total. The topological polar surface area (TPSA) is 18.5 Å². The highest BCUT2D eigenvalue weighted by molar-refractivity contribution is 9.10. The standard InChI is InChI=1S/C16H21BrO2/c1-11-7-12(2)13(14(17)8-11)5-6-15-18-9-16(3,4)10-19-15/h5-8,15H,9-10H2,1-4H3/b6-5+. The minimum atomic E-state index is -0.236. The van der Waals surface area contributed by atoms with Gasteiger partial charge in [0.25, 0.3) is 0 Å². The number of aryl methyl sites for hydroxylation is 2. The molecular weight excluding hydrogens is 304 g/mol. The second-order valence-corrected chi connectivity index (χ2v) is 6.85. The summed E-state index contributed by atoms with van der Waals surface area (Å²) >= 11 is 3.61. The highest BCUT2D eigenvalue weighted by atomic mass is 79.9. The molecule has 1 aliphatic heterocycles. The summed E-state index contributed by atoms with van der Waals surface area (Å²) in [5.74, 6) is 0. The van der Waals surface area contributed by atoms with Crippen LogP contribution in [0, 0.1) is 19.3 Å². The number of halogens is 1. The average molecular weight is 325 g/mol. The van der Waals surface area contributed by atoms with Crippen LogP contribution in [0.2, 0.25) is 0 Å². The van der Waals surface area contributed by atoms with Gasteiger partial charge in [-0.15, -0.1) is 0 Å². The van der Waals surface area contributed by atoms with Crippen molar-refractivity contribution in [3.8, 4) is 0 Å². The number of ether oxygens (including phenoxy) is 2. The molecule has 0 atom stereocenters. The molecule has 0 saturated carbocycles. The number of hydrogen-bond donors (Lipinski definition) is 0. The summed E-state index contributed by atoms with van der Waals surface area (Å²) in [6.07, 6.45) is 3.82. The summed E-state index contributed by atoms with van der Waals surface area (Å²) in [6, 6.07) is 4.30. The Bertz CT molecular complexity index is 459. The number of rotatable bonds is 2. The Labute approximate surface area is 123 Å². The molecule has 0 aromatic heterocycles. The minimum Gasteiger partial charge on any atom is -0.348 e. The van der Waals surface area contributed by atoms with Crippen LogP contribution in [-0.2, 0) is 9.47 Å². The summed E-state index contributed by atoms with van der Waals surface area (Å²) in [6.45, 7) is 9.97. The van der Waals surface area contributed by atoms with Crippen molar-refractivity contribution in [1.82, 2.24) is 0 Å². The maximum Gasteiger partial charge on any atom is 0.177 e. The van der Waals surface area contributed by atoms with Gasteiger partial charge in [-0.2, -0.15) is 0 Å². The molecular formula is C16H21BrO2. The van der Waals surface area contributed by atoms with E-state index in [0.717, 1.165) is 17.7 Å². The van der Waals surface area contributed by atoms with E-state index in [4.69, 9.17) is 9.47 Å². The van der Waals surface area contributed by atoms with E-state index in [1.165, 1.54) is 16.7 Å². The van der Waals surface area contributed by atoms with Crippen molar-refractivity contribution in [1.29, 1.82) is 0 Å². The fraction of sp³-hybridized carbons (Fsp3) is 0.500. The molecule has 0 N–H and O–H groups in total. The van der Waals surface area contributed by atoms with E-state index in [1.54, 1.807) is 0 Å². The zero-order valence-electron chi connectivity index (χ0n) is 12.0. The summed E-state index contributed by atoms with van der Waals surface area (Å²) in [5, 5.41) is 0. The summed E-state index contributed by atoms with van der Waals surface area (Å²) in [7, 11) is 0. The van der Waals surface area contributed by atoms with Gasteiger partial charge >= 0.3 is 0 Å². The van der Waals surface area contributed by atoms with E-state index >= 15 is 0 Å². The van der Waals surface area contributed by atoms with Gasteiger partial charge in [-0.1, -0.05) is 41.9 Å². The van der Waals surface area contributed by atoms with Gasteiger partial charge in [0.2, 0.25) is 0 Å². The van der Waals surface area contributed by atoms with Crippen molar-refractivity contribution >= 4 is 22.0 Å². The first-order chi connectivity index (χ1) is 8.87. The third-order valence-corrected chi connectivity index (χ3v) is 3.83. The molecule has 104 valence electrons. The highest BCUT2D eigenvalue weighted by Crippen LogP contribution is 2.26. The SMILES string of the molecule is Cc1cc(C)c(/C=C/C2OCC(C)(C)CO2)c(Br)c1. The smallest absolute Gasteiger partial charge is 0.177 e. The van der Waals surface area contributed by atoms with Crippen LogP contribution in [-0.4, -0.2) is 19.5 Å². The number of benzene rings is 1. The Hall–Kier alpha value is -0.640. The predicted octanol–water partition coefficient (Wildman–Crippen LogP) is 4.48. The first kappa shape index (κ1) is 14.8. The molecule has 3 heteroatoms. The molecule has 1 heterocycles. The van der Waals surface area contributed by atoms with E-state index < -0.39 is 0 Å². The number of hydrogen-bond acceptors (Lipinski definition) is 2. The van der Waals surface area contributed by atoms with Gasteiger partial charge < -0.3 is 9.47 Å². The van der Waals surface area contributed by atoms with Gasteiger partial charge in [0.1, 0.15) is 0 Å². The molecule has 0 amide bonds. The van der Waals surface area contributed by atoms with Crippen molar-refractivity contribution in [3.05, 3.63) is 39.4 Å². The molecule has 0 bridgehead atoms. The zero-order chi connectivity index (χ0) is 14.0. The third-order valence-electron chi connectivity index (χ3n) is 3.18. The van der Waals surface area contributed by atoms with Crippen molar-refractivity contribution in [2.75, 3.05) is 13.2 Å². The Morgan fingerprint density at radius 1 is 1.21 bits per heavy atom. The first-order valence-electron chi connectivity index (χ1n) is 6.55. The minimum absolute atomic E-state index is 0.116. The van der Waals surface area contributed by atoms with E-state index in [-0.39, 0.29) is 11.7 Å². The van der Waals surface area contributed by atoms with Gasteiger partial charge in [0, 0.05) is 9.89 Å². The monoisotopic (exact) mass is 324 g/mol. The molecule has 19 heavy (non-hydrogen) atoms. The lowest BCUT2D eigenvalue weighted by Crippen LogP contribution is -2.36. The maximum absolute atomic E-state index is 5.69. The van der Waals surface area contributed by atoms with Gasteiger partial charge in [-0.25, -0.2) is 0 Å². The quantitative estimate of drug-likeness (QED) is 0.798. The van der Waals surface area contributed by atoms with Crippen LogP contribution in [0.25, 0.3) is 6.08 Å². The normalized spacial score (nSPS) is 20.1. The molecule has 1 aromatic rings. The van der Waals surface area contributed by atoms with Crippen LogP contribution in [0.4, 0.5) is 0 Å². The average Bonchev–Trinajstić information content (AvgIpc) is 2.29. The van der Waals surface area contributed by atoms with Gasteiger partial charge in [-0.05, 0) is 42.7 Å². The van der Waals surface area contributed by atoms with Gasteiger partial charge in [-0.3, -0.25) is 0 Å². The van der Waals surface area contributed by atoms with Crippen LogP contribution < -0.4 is 0 Å². The van der Waals surface area contributed by atoms with E-state index in [9.17, 15) is 0 Å². The lowest BCUT2D eigenvalue weighted by molar-refractivity contribution is -0.197. The molecule has 1 aromatic carbocycles. The van der Waals surface area contributed by atoms with E-state index in [1.807, 2.05) is 6.08 Å². The van der Waals surface area contributed by atoms with Crippen LogP contribution in [0.15, 0.2) is 22.7 Å². The predicted molar refractivity (Wildman–Crippen MR) is 82.1 cm³/mol. The van der Waals surface area contributed by atoms with Crippen LogP contribution in [0.1, 0.15) is 30.5 Å². The van der Waals surface area contributed by atoms with Crippen LogP contribution >= 0.6 is 15.9 Å². The fourth-order valence-electron chi connectivity index (χ4n) is 2.13. The molecule has 1 saturated heterocycles. The summed E-state index contributed by atoms with van der Waals surface area (Å²) < 4.78 is 12.5. The maximum atomic E-state index is 5.69. The van der Waals surface area contributed by atoms with Crippen molar-refractivity contribution in [2.45, 2.75) is 34.0 Å². The molecule has 0 radical (unpaired) electrons. The Morgan fingerprint density at radius 3 is 2.42 bits per heavy atom. The fourth-order valence-corrected chi connectivity index (χ4v) is 2.94. The summed E-state index contributed by atoms with van der Waals surface area (Å²) in [4.78, 5) is 0. The second kappa shape index (κ2) is 5.78. The molecule has 1 aliphatic rings. The Morgan fingerprint density at radius 2 is 1.84 bits per heavy atom. The third kappa shape index (κ3) is 3.91. The lowest BCUT2D eigenvalue weighted by Gasteiger charge is -2.33. The van der Waals surface area contributed by atoms with E-state index in [0.29, 0.717) is 0 Å². The highest BCUT2D eigenvalue weighted by Gasteiger charge is 2.26. The Kier molecular flexibility index (Phi) is 4.49. The van der Waals surface area contributed by atoms with Gasteiger partial charge in [0.05, 0.1) is 13.2 Å². The van der Waals surface area contributed by atoms with Gasteiger partial charge in [0.15, 0.2) is 6.29 Å². The van der Waals surface area contributed by atoms with Crippen LogP contribution in [0.3, 0.4) is 0 Å². The molecule has 2 rings (SSSR count). The van der Waals surface area contributed by atoms with Crippen molar-refractivity contribution < 1.29 is 9.47 Å². The molecule has 0 spiro atoms. The molecule has 0 aliphatic carbocycles. The van der Waals surface area contributed by atoms with Crippen LogP contribution in [0.5, 0.6) is 0 Å². The molecule has 0 unspecified atom stereocenters. The Balaban J connectivity index is 2.08. The first-order valence-corrected chi connectivity index (χ1v) is 7.35. The zero-order valence-corrected chi connectivity index (χ0v) is 13.6. The lowest BCUT2D eigenvalue weighted by atomic mass is 9.95. The van der Waals surface area contributed by atoms with Crippen molar-refractivity contribution in [3.63, 3.8) is 0 Å². The molecule has 1 fully saturated rings. The largest absolute Gasteiger partial charge is 0.348 e. The van der Waals surface area contributed by atoms with E-state index in [2.05, 4.69) is 61.8 Å². The van der Waals surface area contributed by atoms with Crippen molar-refractivity contribution in [2.24, 2.45) is 5.41 Å². The second-order valence-electron chi connectivity index (χ2n) is 5.99. The summed E-state index contributed by atoms with van der Waals surface area (Å²) in [5.41, 5.74) is 3.81.